The molecule has 0 unspecified atom stereocenters. The van der Waals surface area contributed by atoms with Gasteiger partial charge in [0.25, 0.3) is 0 Å². The molecule has 0 saturated carbocycles. The van der Waals surface area contributed by atoms with Gasteiger partial charge in [-0.05, 0) is 18.9 Å². The molecule has 10 heavy (non-hydrogen) atoms. The van der Waals surface area contributed by atoms with Gasteiger partial charge in [0.15, 0.2) is 0 Å². The first kappa shape index (κ1) is 9.41. The maximum absolute atomic E-state index is 12.3. The Balaban J connectivity index is 3.58. The van der Waals surface area contributed by atoms with E-state index in [0.29, 0.717) is 5.57 Å². The van der Waals surface area contributed by atoms with Crippen molar-refractivity contribution in [3.8, 4) is 0 Å². The Kier molecular flexibility index (Phi) is 4.91. The van der Waals surface area contributed by atoms with Crippen LogP contribution in [0.1, 0.15) is 33.1 Å². The van der Waals surface area contributed by atoms with Crippen molar-refractivity contribution in [1.29, 1.82) is 0 Å². The van der Waals surface area contributed by atoms with Gasteiger partial charge in [-0.3, -0.25) is 0 Å². The van der Waals surface area contributed by atoms with Crippen LogP contribution in [0.15, 0.2) is 24.1 Å². The van der Waals surface area contributed by atoms with E-state index in [2.05, 4.69) is 13.5 Å². The predicted molar refractivity (Wildman–Crippen MR) is 43.5 cm³/mol. The second-order valence-corrected chi connectivity index (χ2v) is 2.43. The molecule has 0 radical (unpaired) electrons. The predicted octanol–water partition coefficient (Wildman–Crippen LogP) is 3.61. The van der Waals surface area contributed by atoms with Gasteiger partial charge in [-0.25, -0.2) is 4.39 Å². The Morgan fingerprint density at radius 3 is 2.60 bits per heavy atom. The lowest BCUT2D eigenvalue weighted by Gasteiger charge is -1.94. The van der Waals surface area contributed by atoms with Crippen molar-refractivity contribution in [2.45, 2.75) is 33.1 Å². The minimum absolute atomic E-state index is 0.309. The Morgan fingerprint density at radius 1 is 1.60 bits per heavy atom. The van der Waals surface area contributed by atoms with E-state index in [1.807, 2.05) is 6.08 Å². The van der Waals surface area contributed by atoms with Crippen LogP contribution in [0.25, 0.3) is 0 Å². The minimum atomic E-state index is -0.309. The molecule has 0 fully saturated rings. The standard InChI is InChI=1S/C9H15F/c1-4-5-6-7-8(2)9(3)10/h7H,3-6H2,1-2H3/b8-7+. The van der Waals surface area contributed by atoms with Crippen LogP contribution in [0.3, 0.4) is 0 Å². The quantitative estimate of drug-likeness (QED) is 0.415. The first-order valence-corrected chi connectivity index (χ1v) is 3.70. The van der Waals surface area contributed by atoms with Gasteiger partial charge in [-0.2, -0.15) is 0 Å². The zero-order valence-electron chi connectivity index (χ0n) is 6.78. The highest BCUT2D eigenvalue weighted by molar-refractivity contribution is 5.19. The molecule has 0 aliphatic heterocycles. The van der Waals surface area contributed by atoms with Gasteiger partial charge in [-0.1, -0.05) is 32.4 Å². The Hall–Kier alpha value is -0.590. The topological polar surface area (TPSA) is 0 Å². The summed E-state index contributed by atoms with van der Waals surface area (Å²) in [5.74, 6) is -0.309. The van der Waals surface area contributed by atoms with E-state index in [1.54, 1.807) is 6.92 Å². The average molecular weight is 142 g/mol. The highest BCUT2D eigenvalue weighted by atomic mass is 19.1. The number of hydrogen-bond donors (Lipinski definition) is 0. The molecule has 0 bridgehead atoms. The van der Waals surface area contributed by atoms with Crippen LogP contribution in [0.2, 0.25) is 0 Å². The molecule has 0 aromatic rings. The number of allylic oxidation sites excluding steroid dienone is 3. The fraction of sp³-hybridized carbons (Fsp3) is 0.556. The molecule has 0 spiro atoms. The van der Waals surface area contributed by atoms with E-state index in [4.69, 9.17) is 0 Å². The molecule has 1 heteroatoms. The van der Waals surface area contributed by atoms with Gasteiger partial charge in [0.2, 0.25) is 0 Å². The maximum Gasteiger partial charge on any atom is 0.118 e. The van der Waals surface area contributed by atoms with Gasteiger partial charge < -0.3 is 0 Å². The van der Waals surface area contributed by atoms with Crippen LogP contribution in [-0.4, -0.2) is 0 Å². The minimum Gasteiger partial charge on any atom is -0.207 e. The molecular formula is C9H15F. The normalized spacial score (nSPS) is 11.7. The van der Waals surface area contributed by atoms with Gasteiger partial charge >= 0.3 is 0 Å². The smallest absolute Gasteiger partial charge is 0.118 e. The number of unbranched alkanes of at least 4 members (excludes halogenated alkanes) is 2. The van der Waals surface area contributed by atoms with Crippen molar-refractivity contribution in [3.63, 3.8) is 0 Å². The molecule has 0 aliphatic rings. The third kappa shape index (κ3) is 4.30. The molecule has 58 valence electrons. The van der Waals surface area contributed by atoms with Crippen LogP contribution in [0.5, 0.6) is 0 Å². The van der Waals surface area contributed by atoms with E-state index in [1.165, 1.54) is 0 Å². The molecular weight excluding hydrogens is 127 g/mol. The fourth-order valence-electron chi connectivity index (χ4n) is 0.633. The Labute approximate surface area is 62.4 Å². The van der Waals surface area contributed by atoms with Crippen LogP contribution in [0, 0.1) is 0 Å². The SMILES string of the molecule is C=C(F)/C(C)=C/CCCC. The maximum atomic E-state index is 12.3. The molecule has 0 rings (SSSR count). The van der Waals surface area contributed by atoms with Crippen molar-refractivity contribution in [2.24, 2.45) is 0 Å². The zero-order chi connectivity index (χ0) is 7.98. The van der Waals surface area contributed by atoms with Crippen molar-refractivity contribution in [1.82, 2.24) is 0 Å². The van der Waals surface area contributed by atoms with E-state index in [0.717, 1.165) is 19.3 Å². The first-order valence-electron chi connectivity index (χ1n) is 3.70. The first-order chi connectivity index (χ1) is 4.68. The van der Waals surface area contributed by atoms with E-state index >= 15 is 0 Å². The lowest BCUT2D eigenvalue weighted by Crippen LogP contribution is -1.75. The summed E-state index contributed by atoms with van der Waals surface area (Å²) >= 11 is 0. The lowest BCUT2D eigenvalue weighted by atomic mass is 10.2. The molecule has 0 heterocycles. The summed E-state index contributed by atoms with van der Waals surface area (Å²) in [4.78, 5) is 0. The van der Waals surface area contributed by atoms with Crippen molar-refractivity contribution < 1.29 is 4.39 Å². The fourth-order valence-corrected chi connectivity index (χ4v) is 0.633. The largest absolute Gasteiger partial charge is 0.207 e. The van der Waals surface area contributed by atoms with Crippen molar-refractivity contribution >= 4 is 0 Å². The number of halogens is 1. The van der Waals surface area contributed by atoms with Crippen molar-refractivity contribution in [2.75, 3.05) is 0 Å². The molecule has 0 N–H and O–H groups in total. The average Bonchev–Trinajstić information content (AvgIpc) is 1.88. The molecule has 0 atom stereocenters. The summed E-state index contributed by atoms with van der Waals surface area (Å²) in [6, 6.07) is 0. The summed E-state index contributed by atoms with van der Waals surface area (Å²) in [6.07, 6.45) is 5.14. The highest BCUT2D eigenvalue weighted by Crippen LogP contribution is 2.09. The van der Waals surface area contributed by atoms with Gasteiger partial charge in [0, 0.05) is 0 Å². The monoisotopic (exact) mass is 142 g/mol. The van der Waals surface area contributed by atoms with E-state index in [9.17, 15) is 4.39 Å². The second-order valence-electron chi connectivity index (χ2n) is 2.43. The molecule has 0 aliphatic carbocycles. The zero-order valence-corrected chi connectivity index (χ0v) is 6.78. The molecule has 0 nitrogen and oxygen atoms in total. The number of hydrogen-bond acceptors (Lipinski definition) is 0. The third-order valence-corrected chi connectivity index (χ3v) is 1.44. The Morgan fingerprint density at radius 2 is 2.20 bits per heavy atom. The van der Waals surface area contributed by atoms with Gasteiger partial charge in [0.05, 0.1) is 0 Å². The highest BCUT2D eigenvalue weighted by Gasteiger charge is 1.91. The van der Waals surface area contributed by atoms with E-state index in [-0.39, 0.29) is 5.83 Å². The van der Waals surface area contributed by atoms with Crippen LogP contribution >= 0.6 is 0 Å². The summed E-state index contributed by atoms with van der Waals surface area (Å²) in [7, 11) is 0. The number of rotatable bonds is 4. The van der Waals surface area contributed by atoms with Crippen molar-refractivity contribution in [3.05, 3.63) is 24.1 Å². The summed E-state index contributed by atoms with van der Waals surface area (Å²) in [5.41, 5.74) is 0.674. The molecule has 0 aromatic heterocycles. The second kappa shape index (κ2) is 5.21. The Bertz CT molecular complexity index is 134. The summed E-state index contributed by atoms with van der Waals surface area (Å²) in [5, 5.41) is 0. The van der Waals surface area contributed by atoms with Crippen LogP contribution in [0.4, 0.5) is 4.39 Å². The van der Waals surface area contributed by atoms with Gasteiger partial charge in [-0.15, -0.1) is 0 Å². The summed E-state index contributed by atoms with van der Waals surface area (Å²) < 4.78 is 12.3. The molecule has 0 saturated heterocycles. The van der Waals surface area contributed by atoms with Gasteiger partial charge in [0.1, 0.15) is 5.83 Å². The third-order valence-electron chi connectivity index (χ3n) is 1.44. The van der Waals surface area contributed by atoms with E-state index < -0.39 is 0 Å². The summed E-state index contributed by atoms with van der Waals surface area (Å²) in [6.45, 7) is 7.07. The molecule has 0 amide bonds. The van der Waals surface area contributed by atoms with Crippen LogP contribution < -0.4 is 0 Å². The van der Waals surface area contributed by atoms with Crippen LogP contribution in [-0.2, 0) is 0 Å². The molecule has 0 aromatic carbocycles. The lowest BCUT2D eigenvalue weighted by molar-refractivity contribution is 0.653.